The van der Waals surface area contributed by atoms with Gasteiger partial charge in [0.1, 0.15) is 0 Å². The highest BCUT2D eigenvalue weighted by molar-refractivity contribution is 8.03. The predicted octanol–water partition coefficient (Wildman–Crippen LogP) is 1.79. The molecule has 0 spiro atoms. The first-order valence-corrected chi connectivity index (χ1v) is 5.97. The molecule has 1 unspecified atom stereocenters. The van der Waals surface area contributed by atoms with Crippen molar-refractivity contribution < 1.29 is 9.59 Å². The molecule has 0 aromatic carbocycles. The van der Waals surface area contributed by atoms with E-state index in [0.29, 0.717) is 4.91 Å². The van der Waals surface area contributed by atoms with Crippen molar-refractivity contribution in [1.82, 2.24) is 4.90 Å². The second-order valence-corrected chi connectivity index (χ2v) is 4.21. The molecule has 0 fully saturated rings. The summed E-state index contributed by atoms with van der Waals surface area (Å²) in [6, 6.07) is 0.0147. The lowest BCUT2D eigenvalue weighted by atomic mass is 10.2. The lowest BCUT2D eigenvalue weighted by Gasteiger charge is -2.22. The highest BCUT2D eigenvalue weighted by Crippen LogP contribution is 2.24. The zero-order valence-electron chi connectivity index (χ0n) is 8.74. The average Bonchev–Trinajstić information content (AvgIpc) is 2.41. The first-order chi connectivity index (χ1) is 6.61. The van der Waals surface area contributed by atoms with Crippen LogP contribution >= 0.6 is 11.8 Å². The Morgan fingerprint density at radius 3 is 2.57 bits per heavy atom. The van der Waals surface area contributed by atoms with E-state index >= 15 is 0 Å². The first kappa shape index (κ1) is 11.3. The molecule has 1 aliphatic rings. The molecule has 0 saturated carbocycles. The molecule has 0 saturated heterocycles. The maximum atomic E-state index is 11.7. The zero-order valence-corrected chi connectivity index (χ0v) is 9.56. The molecular weight excluding hydrogens is 198 g/mol. The van der Waals surface area contributed by atoms with Gasteiger partial charge < -0.3 is 0 Å². The Bertz CT molecular complexity index is 286. The third-order valence-electron chi connectivity index (χ3n) is 2.29. The van der Waals surface area contributed by atoms with Crippen LogP contribution in [0.15, 0.2) is 11.0 Å². The van der Waals surface area contributed by atoms with Gasteiger partial charge in [-0.2, -0.15) is 0 Å². The summed E-state index contributed by atoms with van der Waals surface area (Å²) in [5.74, 6) is -0.302. The third kappa shape index (κ3) is 2.00. The highest BCUT2D eigenvalue weighted by atomic mass is 32.2. The molecule has 1 rings (SSSR count). The molecule has 1 aliphatic heterocycles. The summed E-state index contributed by atoms with van der Waals surface area (Å²) in [5, 5.41) is 0. The third-order valence-corrected chi connectivity index (χ3v) is 3.02. The summed E-state index contributed by atoms with van der Waals surface area (Å²) in [5.41, 5.74) is 0. The molecule has 0 radical (unpaired) electrons. The van der Waals surface area contributed by atoms with E-state index in [-0.39, 0.29) is 17.9 Å². The fraction of sp³-hybridized carbons (Fsp3) is 0.600. The smallest absolute Gasteiger partial charge is 0.267 e. The van der Waals surface area contributed by atoms with E-state index in [1.165, 1.54) is 22.7 Å². The molecule has 0 bridgehead atoms. The first-order valence-electron chi connectivity index (χ1n) is 4.75. The summed E-state index contributed by atoms with van der Waals surface area (Å²) in [6.07, 6.45) is 5.09. The van der Waals surface area contributed by atoms with Crippen molar-refractivity contribution in [3.05, 3.63) is 11.0 Å². The molecule has 1 heterocycles. The van der Waals surface area contributed by atoms with Crippen LogP contribution in [-0.4, -0.2) is 29.0 Å². The average molecular weight is 213 g/mol. The monoisotopic (exact) mass is 213 g/mol. The fourth-order valence-corrected chi connectivity index (χ4v) is 2.06. The van der Waals surface area contributed by atoms with E-state index in [2.05, 4.69) is 0 Å². The number of carbonyl (C=O) groups is 2. The molecule has 0 aliphatic carbocycles. The van der Waals surface area contributed by atoms with Gasteiger partial charge >= 0.3 is 0 Å². The SMILES string of the molecule is CCCC(C)N1C(=O)C=C(SC)C1=O. The van der Waals surface area contributed by atoms with Crippen molar-refractivity contribution in [2.75, 3.05) is 6.26 Å². The lowest BCUT2D eigenvalue weighted by molar-refractivity contribution is -0.139. The van der Waals surface area contributed by atoms with Crippen LogP contribution in [0.25, 0.3) is 0 Å². The van der Waals surface area contributed by atoms with Gasteiger partial charge in [0.15, 0.2) is 0 Å². The summed E-state index contributed by atoms with van der Waals surface area (Å²) < 4.78 is 0. The maximum Gasteiger partial charge on any atom is 0.267 e. The number of rotatable bonds is 4. The van der Waals surface area contributed by atoms with Crippen molar-refractivity contribution in [3.63, 3.8) is 0 Å². The number of hydrogen-bond acceptors (Lipinski definition) is 3. The molecular formula is C10H15NO2S. The van der Waals surface area contributed by atoms with Gasteiger partial charge in [-0.05, 0) is 19.6 Å². The van der Waals surface area contributed by atoms with Crippen molar-refractivity contribution in [2.45, 2.75) is 32.7 Å². The molecule has 1 atom stereocenters. The van der Waals surface area contributed by atoms with Gasteiger partial charge in [0.25, 0.3) is 11.8 Å². The van der Waals surface area contributed by atoms with Crippen LogP contribution in [0.3, 0.4) is 0 Å². The minimum atomic E-state index is -0.166. The van der Waals surface area contributed by atoms with E-state index < -0.39 is 0 Å². The normalized spacial score (nSPS) is 18.8. The van der Waals surface area contributed by atoms with Crippen molar-refractivity contribution >= 4 is 23.6 Å². The van der Waals surface area contributed by atoms with E-state index in [4.69, 9.17) is 0 Å². The summed E-state index contributed by atoms with van der Waals surface area (Å²) in [6.45, 7) is 3.96. The van der Waals surface area contributed by atoms with Crippen LogP contribution in [0.5, 0.6) is 0 Å². The summed E-state index contributed by atoms with van der Waals surface area (Å²) >= 11 is 1.33. The van der Waals surface area contributed by atoms with Crippen LogP contribution in [0, 0.1) is 0 Å². The van der Waals surface area contributed by atoms with Crippen molar-refractivity contribution in [1.29, 1.82) is 0 Å². The van der Waals surface area contributed by atoms with E-state index in [0.717, 1.165) is 12.8 Å². The molecule has 2 amide bonds. The Labute approximate surface area is 88.5 Å². The van der Waals surface area contributed by atoms with Gasteiger partial charge in [0.2, 0.25) is 0 Å². The molecule has 0 N–H and O–H groups in total. The van der Waals surface area contributed by atoms with Crippen LogP contribution in [-0.2, 0) is 9.59 Å². The Balaban J connectivity index is 2.75. The second-order valence-electron chi connectivity index (χ2n) is 3.36. The quantitative estimate of drug-likeness (QED) is 0.668. The summed E-state index contributed by atoms with van der Waals surface area (Å²) in [4.78, 5) is 25.1. The molecule has 0 aromatic heterocycles. The standard InChI is InChI=1S/C10H15NO2S/c1-4-5-7(2)11-9(12)6-8(14-3)10(11)13/h6-7H,4-5H2,1-3H3. The van der Waals surface area contributed by atoms with Gasteiger partial charge in [0, 0.05) is 12.1 Å². The Hall–Kier alpha value is -0.770. The largest absolute Gasteiger partial charge is 0.272 e. The highest BCUT2D eigenvalue weighted by Gasteiger charge is 2.33. The lowest BCUT2D eigenvalue weighted by Crippen LogP contribution is -2.38. The predicted molar refractivity (Wildman–Crippen MR) is 57.8 cm³/mol. The zero-order chi connectivity index (χ0) is 10.7. The number of imide groups is 1. The van der Waals surface area contributed by atoms with Crippen molar-refractivity contribution in [3.8, 4) is 0 Å². The topological polar surface area (TPSA) is 37.4 Å². The van der Waals surface area contributed by atoms with Gasteiger partial charge in [-0.3, -0.25) is 14.5 Å². The fourth-order valence-electron chi connectivity index (χ4n) is 1.57. The number of nitrogens with zero attached hydrogens (tertiary/aromatic N) is 1. The van der Waals surface area contributed by atoms with Gasteiger partial charge in [-0.15, -0.1) is 11.8 Å². The number of amides is 2. The van der Waals surface area contributed by atoms with Crippen LogP contribution in [0.4, 0.5) is 0 Å². The van der Waals surface area contributed by atoms with E-state index in [9.17, 15) is 9.59 Å². The van der Waals surface area contributed by atoms with Crippen molar-refractivity contribution in [2.24, 2.45) is 0 Å². The van der Waals surface area contributed by atoms with E-state index in [1.807, 2.05) is 20.1 Å². The maximum absolute atomic E-state index is 11.7. The Kier molecular flexibility index (Phi) is 3.75. The number of carbonyl (C=O) groups excluding carboxylic acids is 2. The van der Waals surface area contributed by atoms with Crippen LogP contribution < -0.4 is 0 Å². The minimum Gasteiger partial charge on any atom is -0.272 e. The summed E-state index contributed by atoms with van der Waals surface area (Å²) in [7, 11) is 0. The Morgan fingerprint density at radius 1 is 1.50 bits per heavy atom. The molecule has 3 nitrogen and oxygen atoms in total. The van der Waals surface area contributed by atoms with Crippen LogP contribution in [0.1, 0.15) is 26.7 Å². The molecule has 14 heavy (non-hydrogen) atoms. The number of hydrogen-bond donors (Lipinski definition) is 0. The minimum absolute atomic E-state index is 0.0147. The molecule has 0 aromatic rings. The molecule has 4 heteroatoms. The number of thioether (sulfide) groups is 1. The Morgan fingerprint density at radius 2 is 2.14 bits per heavy atom. The van der Waals surface area contributed by atoms with Gasteiger partial charge in [-0.25, -0.2) is 0 Å². The second kappa shape index (κ2) is 4.64. The van der Waals surface area contributed by atoms with Gasteiger partial charge in [-0.1, -0.05) is 13.3 Å². The molecule has 78 valence electrons. The van der Waals surface area contributed by atoms with Gasteiger partial charge in [0.05, 0.1) is 4.91 Å². The van der Waals surface area contributed by atoms with E-state index in [1.54, 1.807) is 0 Å². The van der Waals surface area contributed by atoms with Crippen LogP contribution in [0.2, 0.25) is 0 Å².